The fourth-order valence-electron chi connectivity index (χ4n) is 3.13. The standard InChI is InChI=1S/C22H24ClNO5/c1-14(2)21(15-7-9-16(23)10-8-15)22(26)28-13-20(25)24-11-17-12-27-18-5-3-4-6-19(18)29-17/h3-10,14,17,21H,11-13H2,1-2H3,(H,24,25)/t17-,21+/m0/s1. The monoisotopic (exact) mass is 417 g/mol. The highest BCUT2D eigenvalue weighted by molar-refractivity contribution is 6.30. The molecule has 1 amide bonds. The minimum Gasteiger partial charge on any atom is -0.486 e. The summed E-state index contributed by atoms with van der Waals surface area (Å²) in [4.78, 5) is 24.6. The zero-order chi connectivity index (χ0) is 20.8. The van der Waals surface area contributed by atoms with Crippen LogP contribution in [0.25, 0.3) is 0 Å². The van der Waals surface area contributed by atoms with Crippen molar-refractivity contribution in [3.63, 3.8) is 0 Å². The summed E-state index contributed by atoms with van der Waals surface area (Å²) >= 11 is 5.92. The largest absolute Gasteiger partial charge is 0.486 e. The van der Waals surface area contributed by atoms with E-state index in [-0.39, 0.29) is 31.1 Å². The molecule has 2 atom stereocenters. The van der Waals surface area contributed by atoms with Crippen LogP contribution >= 0.6 is 11.6 Å². The van der Waals surface area contributed by atoms with Crippen LogP contribution in [0.15, 0.2) is 48.5 Å². The van der Waals surface area contributed by atoms with Crippen molar-refractivity contribution in [3.05, 3.63) is 59.1 Å². The topological polar surface area (TPSA) is 73.9 Å². The van der Waals surface area contributed by atoms with Crippen molar-refractivity contribution in [2.45, 2.75) is 25.9 Å². The van der Waals surface area contributed by atoms with E-state index in [0.29, 0.717) is 23.1 Å². The lowest BCUT2D eigenvalue weighted by atomic mass is 9.88. The summed E-state index contributed by atoms with van der Waals surface area (Å²) in [6.07, 6.45) is -0.304. The number of amides is 1. The van der Waals surface area contributed by atoms with E-state index in [1.165, 1.54) is 0 Å². The number of halogens is 1. The number of carbonyl (C=O) groups excluding carboxylic acids is 2. The number of benzene rings is 2. The summed E-state index contributed by atoms with van der Waals surface area (Å²) in [5.74, 6) is 0.0485. The van der Waals surface area contributed by atoms with Gasteiger partial charge in [0, 0.05) is 5.02 Å². The van der Waals surface area contributed by atoms with Gasteiger partial charge < -0.3 is 19.5 Å². The Labute approximate surface area is 175 Å². The van der Waals surface area contributed by atoms with Crippen molar-refractivity contribution in [3.8, 4) is 11.5 Å². The highest BCUT2D eigenvalue weighted by Gasteiger charge is 2.27. The van der Waals surface area contributed by atoms with Gasteiger partial charge in [-0.05, 0) is 35.7 Å². The normalized spacial score (nSPS) is 16.2. The predicted molar refractivity (Wildman–Crippen MR) is 109 cm³/mol. The summed E-state index contributed by atoms with van der Waals surface area (Å²) in [7, 11) is 0. The number of fused-ring (bicyclic) bond motifs is 1. The molecule has 0 saturated carbocycles. The predicted octanol–water partition coefficient (Wildman–Crippen LogP) is 3.58. The van der Waals surface area contributed by atoms with E-state index in [0.717, 1.165) is 5.56 Å². The van der Waals surface area contributed by atoms with E-state index in [1.807, 2.05) is 38.1 Å². The van der Waals surface area contributed by atoms with Gasteiger partial charge in [0.1, 0.15) is 12.7 Å². The van der Waals surface area contributed by atoms with Gasteiger partial charge in [-0.3, -0.25) is 9.59 Å². The van der Waals surface area contributed by atoms with E-state index in [2.05, 4.69) is 5.32 Å². The molecule has 0 fully saturated rings. The van der Waals surface area contributed by atoms with Gasteiger partial charge in [-0.2, -0.15) is 0 Å². The van der Waals surface area contributed by atoms with Gasteiger partial charge in [-0.15, -0.1) is 0 Å². The van der Waals surface area contributed by atoms with Crippen LogP contribution in [-0.2, 0) is 14.3 Å². The molecule has 3 rings (SSSR count). The van der Waals surface area contributed by atoms with Crippen LogP contribution < -0.4 is 14.8 Å². The Morgan fingerprint density at radius 3 is 2.52 bits per heavy atom. The van der Waals surface area contributed by atoms with Crippen molar-refractivity contribution in [1.82, 2.24) is 5.32 Å². The molecule has 0 saturated heterocycles. The molecule has 7 heteroatoms. The van der Waals surface area contributed by atoms with Gasteiger partial charge >= 0.3 is 5.97 Å². The lowest BCUT2D eigenvalue weighted by Crippen LogP contribution is -2.42. The molecule has 1 heterocycles. The maximum absolute atomic E-state index is 12.5. The molecule has 1 aliphatic rings. The van der Waals surface area contributed by atoms with Crippen LogP contribution in [0, 0.1) is 5.92 Å². The van der Waals surface area contributed by atoms with Gasteiger partial charge in [0.15, 0.2) is 18.1 Å². The maximum atomic E-state index is 12.5. The van der Waals surface area contributed by atoms with E-state index in [9.17, 15) is 9.59 Å². The Bertz CT molecular complexity index is 853. The number of esters is 1. The summed E-state index contributed by atoms with van der Waals surface area (Å²) in [5.41, 5.74) is 0.807. The first-order valence-electron chi connectivity index (χ1n) is 9.51. The SMILES string of the molecule is CC(C)[C@@H](C(=O)OCC(=O)NC[C@H]1COc2ccccc2O1)c1ccc(Cl)cc1. The second kappa shape index (κ2) is 9.65. The van der Waals surface area contributed by atoms with E-state index in [1.54, 1.807) is 24.3 Å². The van der Waals surface area contributed by atoms with Crippen LogP contribution in [0.4, 0.5) is 0 Å². The molecule has 0 radical (unpaired) electrons. The maximum Gasteiger partial charge on any atom is 0.314 e. The number of para-hydroxylation sites is 2. The molecule has 2 aromatic rings. The quantitative estimate of drug-likeness (QED) is 0.697. The molecule has 2 aromatic carbocycles. The number of ether oxygens (including phenoxy) is 3. The Kier molecular flexibility index (Phi) is 6.99. The molecule has 0 unspecified atom stereocenters. The first kappa shape index (κ1) is 21.0. The van der Waals surface area contributed by atoms with Crippen molar-refractivity contribution in [1.29, 1.82) is 0 Å². The fourth-order valence-corrected chi connectivity index (χ4v) is 3.26. The third kappa shape index (κ3) is 5.64. The molecule has 0 spiro atoms. The Hall–Kier alpha value is -2.73. The van der Waals surface area contributed by atoms with E-state index in [4.69, 9.17) is 25.8 Å². The van der Waals surface area contributed by atoms with Crippen molar-refractivity contribution in [2.24, 2.45) is 5.92 Å². The summed E-state index contributed by atoms with van der Waals surface area (Å²) in [5, 5.41) is 3.31. The molecule has 0 aliphatic carbocycles. The molecule has 0 bridgehead atoms. The smallest absolute Gasteiger partial charge is 0.314 e. The number of nitrogens with one attached hydrogen (secondary N) is 1. The molecule has 0 aromatic heterocycles. The number of carbonyl (C=O) groups is 2. The molecular formula is C22H24ClNO5. The second-order valence-electron chi connectivity index (χ2n) is 7.18. The van der Waals surface area contributed by atoms with Gasteiger partial charge in [0.05, 0.1) is 12.5 Å². The van der Waals surface area contributed by atoms with Crippen molar-refractivity contribution < 1.29 is 23.8 Å². The van der Waals surface area contributed by atoms with E-state index < -0.39 is 11.9 Å². The van der Waals surface area contributed by atoms with Crippen LogP contribution in [0.1, 0.15) is 25.3 Å². The molecule has 154 valence electrons. The van der Waals surface area contributed by atoms with Gasteiger partial charge in [0.25, 0.3) is 5.91 Å². The summed E-state index contributed by atoms with van der Waals surface area (Å²) < 4.78 is 16.6. The summed E-state index contributed by atoms with van der Waals surface area (Å²) in [6, 6.07) is 14.4. The molecule has 1 N–H and O–H groups in total. The first-order valence-corrected chi connectivity index (χ1v) is 9.89. The average molecular weight is 418 g/mol. The van der Waals surface area contributed by atoms with Crippen LogP contribution in [0.3, 0.4) is 0 Å². The third-order valence-corrected chi connectivity index (χ3v) is 4.84. The third-order valence-electron chi connectivity index (χ3n) is 4.59. The first-order chi connectivity index (χ1) is 13.9. The van der Waals surface area contributed by atoms with Crippen molar-refractivity contribution in [2.75, 3.05) is 19.8 Å². The Balaban J connectivity index is 1.47. The number of hydrogen-bond acceptors (Lipinski definition) is 5. The zero-order valence-corrected chi connectivity index (χ0v) is 17.1. The fraction of sp³-hybridized carbons (Fsp3) is 0.364. The highest BCUT2D eigenvalue weighted by Crippen LogP contribution is 2.30. The Morgan fingerprint density at radius 2 is 1.83 bits per heavy atom. The summed E-state index contributed by atoms with van der Waals surface area (Å²) in [6.45, 7) is 4.11. The minimum absolute atomic E-state index is 0.0135. The molecule has 1 aliphatic heterocycles. The van der Waals surface area contributed by atoms with Gasteiger partial charge in [0.2, 0.25) is 0 Å². The second-order valence-corrected chi connectivity index (χ2v) is 7.62. The van der Waals surface area contributed by atoms with Gasteiger partial charge in [-0.25, -0.2) is 0 Å². The molecular weight excluding hydrogens is 394 g/mol. The Morgan fingerprint density at radius 1 is 1.14 bits per heavy atom. The van der Waals surface area contributed by atoms with Crippen LogP contribution in [0.2, 0.25) is 5.02 Å². The number of hydrogen-bond donors (Lipinski definition) is 1. The van der Waals surface area contributed by atoms with Crippen molar-refractivity contribution >= 4 is 23.5 Å². The lowest BCUT2D eigenvalue weighted by Gasteiger charge is -2.26. The van der Waals surface area contributed by atoms with Crippen LogP contribution in [0.5, 0.6) is 11.5 Å². The number of rotatable bonds is 7. The minimum atomic E-state index is -0.466. The van der Waals surface area contributed by atoms with Gasteiger partial charge in [-0.1, -0.05) is 49.7 Å². The average Bonchev–Trinajstić information content (AvgIpc) is 2.72. The highest BCUT2D eigenvalue weighted by atomic mass is 35.5. The molecule has 6 nitrogen and oxygen atoms in total. The van der Waals surface area contributed by atoms with Crippen LogP contribution in [-0.4, -0.2) is 37.7 Å². The molecule has 29 heavy (non-hydrogen) atoms. The van der Waals surface area contributed by atoms with E-state index >= 15 is 0 Å². The lowest BCUT2D eigenvalue weighted by molar-refractivity contribution is -0.151. The zero-order valence-electron chi connectivity index (χ0n) is 16.4.